The van der Waals surface area contributed by atoms with Crippen LogP contribution in [0.25, 0.3) is 10.7 Å². The van der Waals surface area contributed by atoms with Crippen LogP contribution in [-0.2, 0) is 11.2 Å². The Bertz CT molecular complexity index is 918. The van der Waals surface area contributed by atoms with Gasteiger partial charge in [0.25, 0.3) is 0 Å². The summed E-state index contributed by atoms with van der Waals surface area (Å²) in [6.07, 6.45) is 0.662. The predicted molar refractivity (Wildman–Crippen MR) is 107 cm³/mol. The lowest BCUT2D eigenvalue weighted by Crippen LogP contribution is -2.48. The Balaban J connectivity index is 0.00000225. The van der Waals surface area contributed by atoms with E-state index in [9.17, 15) is 9.18 Å². The molecule has 4 rings (SSSR count). The van der Waals surface area contributed by atoms with E-state index < -0.39 is 0 Å². The van der Waals surface area contributed by atoms with E-state index in [-0.39, 0.29) is 36.6 Å². The molecule has 1 fully saturated rings. The maximum atomic E-state index is 13.6. The molecule has 3 heterocycles. The van der Waals surface area contributed by atoms with Gasteiger partial charge in [-0.15, -0.1) is 23.7 Å². The number of carbonyl (C=O) groups is 1. The van der Waals surface area contributed by atoms with Crippen LogP contribution in [0.1, 0.15) is 23.9 Å². The number of benzene rings is 1. The predicted octanol–water partition coefficient (Wildman–Crippen LogP) is 3.46. The molecule has 28 heavy (non-hydrogen) atoms. The molecule has 0 spiro atoms. The van der Waals surface area contributed by atoms with Gasteiger partial charge in [-0.2, -0.15) is 4.98 Å². The summed E-state index contributed by atoms with van der Waals surface area (Å²) in [5, 5.41) is 9.19. The van der Waals surface area contributed by atoms with Gasteiger partial charge in [0.15, 0.2) is 0 Å². The molecular formula is C19H20ClFN4O2S. The Morgan fingerprint density at radius 2 is 2.25 bits per heavy atom. The molecular weight excluding hydrogens is 403 g/mol. The molecule has 1 aliphatic heterocycles. The van der Waals surface area contributed by atoms with E-state index in [1.807, 2.05) is 28.5 Å². The molecule has 1 unspecified atom stereocenters. The minimum absolute atomic E-state index is 0. The summed E-state index contributed by atoms with van der Waals surface area (Å²) in [6.45, 7) is 1.92. The molecule has 1 aromatic carbocycles. The molecule has 0 bridgehead atoms. The van der Waals surface area contributed by atoms with Crippen LogP contribution in [0, 0.1) is 5.82 Å². The van der Waals surface area contributed by atoms with Gasteiger partial charge in [0.05, 0.1) is 10.9 Å². The molecule has 3 aromatic rings. The number of rotatable bonds is 5. The van der Waals surface area contributed by atoms with Crippen molar-refractivity contribution < 1.29 is 13.7 Å². The Morgan fingerprint density at radius 3 is 3.04 bits per heavy atom. The number of amides is 1. The zero-order valence-corrected chi connectivity index (χ0v) is 16.6. The second kappa shape index (κ2) is 9.27. The summed E-state index contributed by atoms with van der Waals surface area (Å²) in [7, 11) is 0. The molecule has 1 N–H and O–H groups in total. The van der Waals surface area contributed by atoms with Crippen molar-refractivity contribution >= 4 is 29.7 Å². The molecule has 0 radical (unpaired) electrons. The highest BCUT2D eigenvalue weighted by molar-refractivity contribution is 7.13. The SMILES string of the molecule is Cl.O=C(CCc1nc(-c2cccs2)no1)N1CCNCC1c1cccc(F)c1. The summed E-state index contributed by atoms with van der Waals surface area (Å²) in [6, 6.07) is 10.1. The fourth-order valence-electron chi connectivity index (χ4n) is 3.23. The van der Waals surface area contributed by atoms with Crippen molar-refractivity contribution in [3.05, 3.63) is 59.0 Å². The van der Waals surface area contributed by atoms with Gasteiger partial charge >= 0.3 is 0 Å². The highest BCUT2D eigenvalue weighted by Crippen LogP contribution is 2.25. The first kappa shape index (κ1) is 20.4. The van der Waals surface area contributed by atoms with Crippen LogP contribution >= 0.6 is 23.7 Å². The number of nitrogens with zero attached hydrogens (tertiary/aromatic N) is 3. The number of piperazine rings is 1. The van der Waals surface area contributed by atoms with Crippen LogP contribution in [-0.4, -0.2) is 40.6 Å². The van der Waals surface area contributed by atoms with Crippen LogP contribution in [0.3, 0.4) is 0 Å². The van der Waals surface area contributed by atoms with E-state index >= 15 is 0 Å². The molecule has 2 aromatic heterocycles. The van der Waals surface area contributed by atoms with Gasteiger partial charge in [0.2, 0.25) is 17.6 Å². The second-order valence-corrected chi connectivity index (χ2v) is 7.30. The lowest BCUT2D eigenvalue weighted by molar-refractivity contribution is -0.134. The van der Waals surface area contributed by atoms with E-state index in [1.165, 1.54) is 23.5 Å². The van der Waals surface area contributed by atoms with E-state index in [1.54, 1.807) is 6.07 Å². The van der Waals surface area contributed by atoms with E-state index in [2.05, 4.69) is 15.5 Å². The molecule has 6 nitrogen and oxygen atoms in total. The molecule has 9 heteroatoms. The van der Waals surface area contributed by atoms with Crippen molar-refractivity contribution in [1.82, 2.24) is 20.4 Å². The van der Waals surface area contributed by atoms with Crippen LogP contribution in [0.15, 0.2) is 46.3 Å². The van der Waals surface area contributed by atoms with Crippen molar-refractivity contribution in [2.24, 2.45) is 0 Å². The van der Waals surface area contributed by atoms with E-state index in [0.29, 0.717) is 31.2 Å². The number of halogens is 2. The fraction of sp³-hybridized carbons (Fsp3) is 0.316. The zero-order valence-electron chi connectivity index (χ0n) is 15.0. The molecule has 1 atom stereocenters. The van der Waals surface area contributed by atoms with Gasteiger partial charge in [-0.25, -0.2) is 4.39 Å². The molecule has 0 aliphatic carbocycles. The van der Waals surface area contributed by atoms with Crippen molar-refractivity contribution in [2.45, 2.75) is 18.9 Å². The second-order valence-electron chi connectivity index (χ2n) is 6.35. The first-order chi connectivity index (χ1) is 13.2. The molecule has 0 saturated carbocycles. The summed E-state index contributed by atoms with van der Waals surface area (Å²) in [5.74, 6) is 0.704. The minimum atomic E-state index is -0.294. The van der Waals surface area contributed by atoms with Gasteiger partial charge in [0, 0.05) is 32.5 Å². The standard InChI is InChI=1S/C19H19FN4O2S.ClH/c20-14-4-1-3-13(11-14)15-12-21-8-9-24(15)18(25)7-6-17-22-19(23-26-17)16-5-2-10-27-16;/h1-5,10-11,15,21H,6-9,12H2;1H. The van der Waals surface area contributed by atoms with Crippen molar-refractivity contribution in [3.8, 4) is 10.7 Å². The zero-order chi connectivity index (χ0) is 18.6. The minimum Gasteiger partial charge on any atom is -0.339 e. The largest absolute Gasteiger partial charge is 0.339 e. The number of thiophene rings is 1. The maximum absolute atomic E-state index is 13.6. The highest BCUT2D eigenvalue weighted by atomic mass is 35.5. The number of hydrogen-bond donors (Lipinski definition) is 1. The lowest BCUT2D eigenvalue weighted by atomic mass is 10.0. The van der Waals surface area contributed by atoms with Crippen molar-refractivity contribution in [1.29, 1.82) is 0 Å². The molecule has 1 aliphatic rings. The quantitative estimate of drug-likeness (QED) is 0.681. The fourth-order valence-corrected chi connectivity index (χ4v) is 3.88. The van der Waals surface area contributed by atoms with Crippen molar-refractivity contribution in [2.75, 3.05) is 19.6 Å². The Kier molecular flexibility index (Phi) is 6.77. The topological polar surface area (TPSA) is 71.3 Å². The highest BCUT2D eigenvalue weighted by Gasteiger charge is 2.28. The summed E-state index contributed by atoms with van der Waals surface area (Å²) < 4.78 is 18.9. The smallest absolute Gasteiger partial charge is 0.227 e. The first-order valence-corrected chi connectivity index (χ1v) is 9.71. The van der Waals surface area contributed by atoms with Crippen LogP contribution in [0.4, 0.5) is 4.39 Å². The van der Waals surface area contributed by atoms with Gasteiger partial charge in [-0.1, -0.05) is 23.4 Å². The van der Waals surface area contributed by atoms with Crippen LogP contribution in [0.2, 0.25) is 0 Å². The third kappa shape index (κ3) is 4.57. The molecule has 1 saturated heterocycles. The number of aromatic nitrogens is 2. The van der Waals surface area contributed by atoms with Gasteiger partial charge in [-0.05, 0) is 29.1 Å². The van der Waals surface area contributed by atoms with Crippen LogP contribution < -0.4 is 5.32 Å². The summed E-state index contributed by atoms with van der Waals surface area (Å²) in [5.41, 5.74) is 0.799. The Labute approximate surface area is 172 Å². The average molecular weight is 423 g/mol. The third-order valence-corrected chi connectivity index (χ3v) is 5.43. The average Bonchev–Trinajstić information content (AvgIpc) is 3.38. The third-order valence-electron chi connectivity index (χ3n) is 4.56. The number of aryl methyl sites for hydroxylation is 1. The number of nitrogens with one attached hydrogen (secondary N) is 1. The monoisotopic (exact) mass is 422 g/mol. The molecule has 148 valence electrons. The maximum Gasteiger partial charge on any atom is 0.227 e. The van der Waals surface area contributed by atoms with Crippen LogP contribution in [0.5, 0.6) is 0 Å². The van der Waals surface area contributed by atoms with E-state index in [4.69, 9.17) is 4.52 Å². The first-order valence-electron chi connectivity index (χ1n) is 8.83. The molecule has 1 amide bonds. The van der Waals surface area contributed by atoms with Gasteiger partial charge in [0.1, 0.15) is 5.82 Å². The number of carbonyl (C=O) groups excluding carboxylic acids is 1. The van der Waals surface area contributed by atoms with Gasteiger partial charge < -0.3 is 14.7 Å². The van der Waals surface area contributed by atoms with Gasteiger partial charge in [-0.3, -0.25) is 4.79 Å². The lowest BCUT2D eigenvalue weighted by Gasteiger charge is -2.36. The summed E-state index contributed by atoms with van der Waals surface area (Å²) >= 11 is 1.54. The van der Waals surface area contributed by atoms with Crippen molar-refractivity contribution in [3.63, 3.8) is 0 Å². The summed E-state index contributed by atoms with van der Waals surface area (Å²) in [4.78, 5) is 19.9. The number of hydrogen-bond acceptors (Lipinski definition) is 6. The normalized spacial score (nSPS) is 16.6. The Hall–Kier alpha value is -2.29. The van der Waals surface area contributed by atoms with E-state index in [0.717, 1.165) is 17.0 Å². The Morgan fingerprint density at radius 1 is 1.36 bits per heavy atom.